The minimum Gasteiger partial charge on any atom is -0.377 e. The van der Waals surface area contributed by atoms with Crippen LogP contribution in [0, 0.1) is 0 Å². The quantitative estimate of drug-likeness (QED) is 0.412. The molecule has 1 atom stereocenters. The Kier molecular flexibility index (Phi) is 6.44. The molecule has 2 aliphatic rings. The topological polar surface area (TPSA) is 75.4 Å². The third-order valence-electron chi connectivity index (χ3n) is 5.24. The van der Waals surface area contributed by atoms with Crippen LogP contribution < -0.4 is 21.1 Å². The summed E-state index contributed by atoms with van der Waals surface area (Å²) in [6.07, 6.45) is 3.26. The number of hydrazine groups is 1. The minimum atomic E-state index is -0.352. The fourth-order valence-corrected chi connectivity index (χ4v) is 4.16. The van der Waals surface area contributed by atoms with Gasteiger partial charge in [0.2, 0.25) is 5.96 Å². The lowest BCUT2D eigenvalue weighted by molar-refractivity contribution is -0.128. The Balaban J connectivity index is 1.73. The molecule has 0 bridgehead atoms. The van der Waals surface area contributed by atoms with Crippen LogP contribution in [0.1, 0.15) is 43.7 Å². The van der Waals surface area contributed by atoms with E-state index in [2.05, 4.69) is 46.6 Å². The molecule has 1 aliphatic heterocycles. The fraction of sp³-hybridized carbons (Fsp3) is 0.650. The second-order valence-electron chi connectivity index (χ2n) is 7.27. The van der Waals surface area contributed by atoms with Crippen molar-refractivity contribution in [1.82, 2.24) is 5.43 Å². The lowest BCUT2D eigenvalue weighted by atomic mass is 9.83. The highest BCUT2D eigenvalue weighted by molar-refractivity contribution is 5.81. The molecule has 1 unspecified atom stereocenters. The molecule has 7 heteroatoms. The average Bonchev–Trinajstić information content (AvgIpc) is 2.99. The Bertz CT molecular complexity index is 671. The number of hydrogen-bond acceptors (Lipinski definition) is 5. The number of hydrogen-bond donors (Lipinski definition) is 2. The fourth-order valence-electron chi connectivity index (χ4n) is 4.16. The van der Waals surface area contributed by atoms with Gasteiger partial charge in [-0.05, 0) is 56.4 Å². The summed E-state index contributed by atoms with van der Waals surface area (Å²) in [4.78, 5) is 6.63. The second-order valence-corrected chi connectivity index (χ2v) is 7.27. The molecule has 3 rings (SSSR count). The summed E-state index contributed by atoms with van der Waals surface area (Å²) < 4.78 is 11.0. The molecule has 1 aliphatic carbocycles. The van der Waals surface area contributed by atoms with Crippen LogP contribution >= 0.6 is 0 Å². The van der Waals surface area contributed by atoms with Crippen molar-refractivity contribution in [3.63, 3.8) is 0 Å². The van der Waals surface area contributed by atoms with E-state index in [0.29, 0.717) is 31.6 Å². The number of ether oxygens (including phenoxy) is 2. The monoisotopic (exact) mass is 375 g/mol. The first-order chi connectivity index (χ1) is 13.0. The zero-order valence-corrected chi connectivity index (χ0v) is 17.0. The Morgan fingerprint density at radius 3 is 2.74 bits per heavy atom. The van der Waals surface area contributed by atoms with Crippen LogP contribution in [0.15, 0.2) is 17.1 Å². The van der Waals surface area contributed by atoms with Crippen molar-refractivity contribution in [3.8, 4) is 0 Å². The maximum atomic E-state index is 6.15. The molecule has 0 amide bonds. The van der Waals surface area contributed by atoms with Crippen LogP contribution in [0.3, 0.4) is 0 Å². The number of nitrogens with two attached hydrogens (primary N) is 1. The molecule has 7 nitrogen and oxygen atoms in total. The number of guanidine groups is 1. The van der Waals surface area contributed by atoms with E-state index >= 15 is 0 Å². The zero-order valence-electron chi connectivity index (χ0n) is 17.0. The van der Waals surface area contributed by atoms with E-state index < -0.39 is 0 Å². The molecule has 3 N–H and O–H groups in total. The van der Waals surface area contributed by atoms with Gasteiger partial charge in [0, 0.05) is 45.5 Å². The van der Waals surface area contributed by atoms with E-state index in [9.17, 15) is 0 Å². The van der Waals surface area contributed by atoms with Gasteiger partial charge >= 0.3 is 0 Å². The van der Waals surface area contributed by atoms with Gasteiger partial charge in [0.15, 0.2) is 6.29 Å². The predicted octanol–water partition coefficient (Wildman–Crippen LogP) is 2.21. The molecule has 150 valence electrons. The highest BCUT2D eigenvalue weighted by atomic mass is 16.7. The van der Waals surface area contributed by atoms with Crippen LogP contribution in [-0.4, -0.2) is 52.6 Å². The molecule has 0 spiro atoms. The van der Waals surface area contributed by atoms with E-state index in [0.717, 1.165) is 13.0 Å². The summed E-state index contributed by atoms with van der Waals surface area (Å²) in [5.41, 5.74) is 15.0. The summed E-state index contributed by atoms with van der Waals surface area (Å²) in [7, 11) is 4.23. The molecular formula is C20H33N5O2. The highest BCUT2D eigenvalue weighted by Crippen LogP contribution is 2.46. The molecule has 1 aromatic rings. The molecule has 0 radical (unpaired) electrons. The van der Waals surface area contributed by atoms with Gasteiger partial charge in [0.25, 0.3) is 0 Å². The molecule has 0 saturated carbocycles. The zero-order chi connectivity index (χ0) is 19.4. The maximum absolute atomic E-state index is 6.15. The van der Waals surface area contributed by atoms with Gasteiger partial charge in [0.05, 0.1) is 12.2 Å². The van der Waals surface area contributed by atoms with Crippen LogP contribution in [0.25, 0.3) is 0 Å². The van der Waals surface area contributed by atoms with Crippen LogP contribution in [0.4, 0.5) is 11.4 Å². The summed E-state index contributed by atoms with van der Waals surface area (Å²) >= 11 is 0. The van der Waals surface area contributed by atoms with Crippen molar-refractivity contribution >= 4 is 17.3 Å². The Labute approximate surface area is 162 Å². The van der Waals surface area contributed by atoms with Crippen molar-refractivity contribution in [3.05, 3.63) is 23.3 Å². The number of benzene rings is 1. The Morgan fingerprint density at radius 2 is 2.07 bits per heavy atom. The third kappa shape index (κ3) is 4.30. The summed E-state index contributed by atoms with van der Waals surface area (Å²) in [6.45, 7) is 6.38. The number of nitrogens with zero attached hydrogens (tertiary/aromatic N) is 3. The normalized spacial score (nSPS) is 18.8. The molecule has 0 aromatic heterocycles. The van der Waals surface area contributed by atoms with Gasteiger partial charge in [-0.25, -0.2) is 4.99 Å². The first-order valence-electron chi connectivity index (χ1n) is 9.95. The lowest BCUT2D eigenvalue weighted by Crippen LogP contribution is -2.46. The molecule has 1 aromatic carbocycles. The first kappa shape index (κ1) is 19.8. The molecule has 27 heavy (non-hydrogen) atoms. The molecule has 1 heterocycles. The summed E-state index contributed by atoms with van der Waals surface area (Å²) in [5, 5.41) is 2.14. The second kappa shape index (κ2) is 8.80. The molecule has 0 saturated heterocycles. The van der Waals surface area contributed by atoms with Crippen LogP contribution in [-0.2, 0) is 15.9 Å². The predicted molar refractivity (Wildman–Crippen MR) is 110 cm³/mol. The first-order valence-corrected chi connectivity index (χ1v) is 9.95. The third-order valence-corrected chi connectivity index (χ3v) is 5.24. The Hall–Kier alpha value is -1.99. The van der Waals surface area contributed by atoms with E-state index in [1.807, 2.05) is 13.8 Å². The van der Waals surface area contributed by atoms with Crippen molar-refractivity contribution in [2.75, 3.05) is 50.3 Å². The number of aliphatic imine (C=N–C) groups is 1. The van der Waals surface area contributed by atoms with Crippen molar-refractivity contribution in [2.24, 2.45) is 10.7 Å². The van der Waals surface area contributed by atoms with E-state index in [4.69, 9.17) is 15.2 Å². The number of anilines is 2. The summed E-state index contributed by atoms with van der Waals surface area (Å²) in [6, 6.07) is 4.41. The lowest BCUT2D eigenvalue weighted by Gasteiger charge is -2.26. The number of rotatable bonds is 8. The minimum absolute atomic E-state index is 0.352. The van der Waals surface area contributed by atoms with E-state index in [1.165, 1.54) is 35.3 Å². The standard InChI is InChI=1S/C20H33N5O2/c1-5-26-18(27-6-2)12-22-20(21)23-25-13-14-8-7-9-15-16(24(3)4)10-11-17(25)19(14)15/h10-11,14,18H,5-9,12-13H2,1-4H3,(H3,21,22,23). The number of nitrogens with one attached hydrogen (secondary N) is 1. The van der Waals surface area contributed by atoms with Gasteiger partial charge in [-0.2, -0.15) is 0 Å². The largest absolute Gasteiger partial charge is 0.377 e. The van der Waals surface area contributed by atoms with Gasteiger partial charge in [-0.1, -0.05) is 0 Å². The maximum Gasteiger partial charge on any atom is 0.208 e. The average molecular weight is 376 g/mol. The SMILES string of the molecule is CCOC(CN=C(N)NN1CC2CCCc3c(N(C)C)ccc1c32)OCC. The van der Waals surface area contributed by atoms with Crippen LogP contribution in [0.5, 0.6) is 0 Å². The smallest absolute Gasteiger partial charge is 0.208 e. The van der Waals surface area contributed by atoms with Gasteiger partial charge in [0.1, 0.15) is 0 Å². The van der Waals surface area contributed by atoms with Crippen molar-refractivity contribution in [1.29, 1.82) is 0 Å². The molecular weight excluding hydrogens is 342 g/mol. The van der Waals surface area contributed by atoms with Crippen molar-refractivity contribution < 1.29 is 9.47 Å². The highest BCUT2D eigenvalue weighted by Gasteiger charge is 2.35. The van der Waals surface area contributed by atoms with Crippen LogP contribution in [0.2, 0.25) is 0 Å². The van der Waals surface area contributed by atoms with Gasteiger partial charge < -0.3 is 20.1 Å². The summed E-state index contributed by atoms with van der Waals surface area (Å²) in [5.74, 6) is 0.951. The van der Waals surface area contributed by atoms with E-state index in [1.54, 1.807) is 0 Å². The Morgan fingerprint density at radius 1 is 1.33 bits per heavy atom. The van der Waals surface area contributed by atoms with Crippen molar-refractivity contribution in [2.45, 2.75) is 45.3 Å². The van der Waals surface area contributed by atoms with Gasteiger partial charge in [-0.15, -0.1) is 0 Å². The van der Waals surface area contributed by atoms with Gasteiger partial charge in [-0.3, -0.25) is 10.4 Å². The molecule has 0 fully saturated rings. The van der Waals surface area contributed by atoms with E-state index in [-0.39, 0.29) is 6.29 Å².